The summed E-state index contributed by atoms with van der Waals surface area (Å²) in [6.07, 6.45) is 1.62. The molecule has 4 heteroatoms. The first-order valence-electron chi connectivity index (χ1n) is 3.64. The maximum absolute atomic E-state index is 10.5. The molecule has 60 valence electrons. The average Bonchev–Trinajstić information content (AvgIpc) is 2.05. The number of benzene rings is 1. The number of hydrogen-bond acceptors (Lipinski definition) is 2. The lowest BCUT2D eigenvalue weighted by Crippen LogP contribution is -2.14. The van der Waals surface area contributed by atoms with Crippen LogP contribution in [0.2, 0.25) is 0 Å². The first kappa shape index (κ1) is 8.98. The van der Waals surface area contributed by atoms with Gasteiger partial charge in [-0.1, -0.05) is 30.3 Å². The fourth-order valence-electron chi connectivity index (χ4n) is 0.737. The van der Waals surface area contributed by atoms with Gasteiger partial charge in [0, 0.05) is 0 Å². The molecule has 0 saturated carbocycles. The Kier molecular flexibility index (Phi) is 3.52. The van der Waals surface area contributed by atoms with E-state index in [0.29, 0.717) is 16.3 Å². The van der Waals surface area contributed by atoms with Crippen molar-refractivity contribution in [2.24, 2.45) is 5.10 Å². The molecule has 0 aliphatic heterocycles. The third-order valence-electron chi connectivity index (χ3n) is 1.24. The van der Waals surface area contributed by atoms with Crippen LogP contribution in [-0.2, 0) is 0 Å². The molecule has 0 aliphatic rings. The van der Waals surface area contributed by atoms with Crippen molar-refractivity contribution in [1.82, 2.24) is 5.43 Å². The molecule has 0 saturated heterocycles. The molecule has 1 aromatic rings. The molecule has 0 heterocycles. The molecule has 1 rings (SSSR count). The Morgan fingerprint density at radius 3 is 2.67 bits per heavy atom. The second-order valence-electron chi connectivity index (χ2n) is 2.34. The number of hydrogen-bond donors (Lipinski definition) is 1. The van der Waals surface area contributed by atoms with Gasteiger partial charge in [-0.2, -0.15) is 5.10 Å². The van der Waals surface area contributed by atoms with Gasteiger partial charge in [0.2, 0.25) is 0 Å². The summed E-state index contributed by atoms with van der Waals surface area (Å²) in [7, 11) is 0. The van der Waals surface area contributed by atoms with E-state index >= 15 is 0 Å². The first-order chi connectivity index (χ1) is 5.79. The predicted molar refractivity (Wildman–Crippen MR) is 51.1 cm³/mol. The molecule has 0 radical (unpaired) electrons. The van der Waals surface area contributed by atoms with Gasteiger partial charge in [-0.25, -0.2) is 0 Å². The van der Waals surface area contributed by atoms with E-state index in [1.165, 1.54) is 0 Å². The van der Waals surface area contributed by atoms with E-state index in [1.54, 1.807) is 6.21 Å². The van der Waals surface area contributed by atoms with Gasteiger partial charge < -0.3 is 0 Å². The van der Waals surface area contributed by atoms with E-state index in [1.807, 2.05) is 30.3 Å². The Morgan fingerprint density at radius 1 is 1.42 bits per heavy atom. The van der Waals surface area contributed by atoms with Crippen molar-refractivity contribution in [3.05, 3.63) is 35.9 Å². The fourth-order valence-corrected chi connectivity index (χ4v) is 0.866. The number of hydrazone groups is 1. The fraction of sp³-hybridized carbons (Fsp3) is 0. The van der Waals surface area contributed by atoms with E-state index in [9.17, 15) is 4.79 Å². The van der Waals surface area contributed by atoms with Crippen LogP contribution in [0.5, 0.6) is 0 Å². The highest BCUT2D eigenvalue weighted by atomic mass is 27.0. The highest BCUT2D eigenvalue weighted by molar-refractivity contribution is 6.57. The number of nitrogens with one attached hydrogen (secondary N) is 1. The monoisotopic (exact) mass is 176 g/mol. The van der Waals surface area contributed by atoms with Crippen molar-refractivity contribution in [3.63, 3.8) is 0 Å². The minimum absolute atomic E-state index is 0.0258. The summed E-state index contributed by atoms with van der Waals surface area (Å²) < 4.78 is -0.0258. The second-order valence-corrected chi connectivity index (χ2v) is 3.25. The summed E-state index contributed by atoms with van der Waals surface area (Å²) >= 11 is 0.482. The van der Waals surface area contributed by atoms with Gasteiger partial charge in [-0.15, -0.1) is 0 Å². The van der Waals surface area contributed by atoms with E-state index < -0.39 is 0 Å². The first-order valence-corrected chi connectivity index (χ1v) is 4.64. The van der Waals surface area contributed by atoms with Crippen LogP contribution in [0.1, 0.15) is 5.56 Å². The highest BCUT2D eigenvalue weighted by Gasteiger charge is 1.85. The van der Waals surface area contributed by atoms with Gasteiger partial charge in [0.1, 0.15) is 4.77 Å². The van der Waals surface area contributed by atoms with Gasteiger partial charge in [0.05, 0.1) is 6.21 Å². The van der Waals surface area contributed by atoms with E-state index in [-0.39, 0.29) is 4.77 Å². The SMILES string of the molecule is O=[C]([AlH2])N/N=C/c1ccccc1. The van der Waals surface area contributed by atoms with Crippen molar-refractivity contribution < 1.29 is 4.79 Å². The number of nitrogens with zero attached hydrogens (tertiary/aromatic N) is 1. The summed E-state index contributed by atoms with van der Waals surface area (Å²) in [4.78, 5) is 10.5. The molecule has 12 heavy (non-hydrogen) atoms. The smallest absolute Gasteiger partial charge is 0.298 e. The maximum atomic E-state index is 10.5. The predicted octanol–water partition coefficient (Wildman–Crippen LogP) is 0.363. The summed E-state index contributed by atoms with van der Waals surface area (Å²) in [6.45, 7) is 0. The van der Waals surface area contributed by atoms with Crippen LogP contribution in [0, 0.1) is 0 Å². The number of carbonyl (C=O) groups is 1. The Morgan fingerprint density at radius 2 is 2.08 bits per heavy atom. The zero-order valence-electron chi connectivity index (χ0n) is 6.82. The van der Waals surface area contributed by atoms with Crippen molar-refractivity contribution in [2.45, 2.75) is 0 Å². The van der Waals surface area contributed by atoms with Crippen LogP contribution in [0.25, 0.3) is 0 Å². The molecular formula is C8H9AlN2O. The van der Waals surface area contributed by atoms with Gasteiger partial charge in [0.25, 0.3) is 0 Å². The highest BCUT2D eigenvalue weighted by Crippen LogP contribution is 1.92. The third kappa shape index (κ3) is 3.33. The Balaban J connectivity index is 2.52. The molecule has 1 N–H and O–H groups in total. The quantitative estimate of drug-likeness (QED) is 0.394. The largest absolute Gasteiger partial charge is 0.357 e. The van der Waals surface area contributed by atoms with E-state index in [4.69, 9.17) is 0 Å². The third-order valence-corrected chi connectivity index (χ3v) is 1.46. The molecule has 0 unspecified atom stereocenters. The molecule has 0 aliphatic carbocycles. The molecule has 0 fully saturated rings. The van der Waals surface area contributed by atoms with Crippen LogP contribution in [0.15, 0.2) is 35.4 Å². The number of amides is 1. The van der Waals surface area contributed by atoms with Crippen LogP contribution < -0.4 is 5.43 Å². The standard InChI is InChI=1S/C8H7N2O.Al.2H/c11-7-10-9-6-8-4-2-1-3-5-8;;;/h1-6H,(H,10,11);;;/b9-6+;;;. The molecule has 0 bridgehead atoms. The second kappa shape index (κ2) is 4.71. The lowest BCUT2D eigenvalue weighted by atomic mass is 10.2. The van der Waals surface area contributed by atoms with Gasteiger partial charge >= 0.3 is 16.3 Å². The lowest BCUT2D eigenvalue weighted by molar-refractivity contribution is 0.260. The molecule has 0 aromatic heterocycles. The Hall–Kier alpha value is -1.11. The van der Waals surface area contributed by atoms with Crippen molar-refractivity contribution in [1.29, 1.82) is 0 Å². The number of carbonyl (C=O) groups excluding carboxylic acids is 1. The van der Waals surface area contributed by atoms with Crippen LogP contribution in [-0.4, -0.2) is 27.3 Å². The van der Waals surface area contributed by atoms with Crippen molar-refractivity contribution in [2.75, 3.05) is 0 Å². The molecule has 0 atom stereocenters. The minimum atomic E-state index is -0.0258. The van der Waals surface area contributed by atoms with Gasteiger partial charge in [-0.3, -0.25) is 10.2 Å². The van der Waals surface area contributed by atoms with Crippen LogP contribution in [0.4, 0.5) is 4.79 Å². The Labute approximate surface area is 78.9 Å². The maximum Gasteiger partial charge on any atom is 0.357 e. The summed E-state index contributed by atoms with van der Waals surface area (Å²) in [5, 5.41) is 3.75. The van der Waals surface area contributed by atoms with Crippen molar-refractivity contribution in [3.8, 4) is 0 Å². The average molecular weight is 176 g/mol. The topological polar surface area (TPSA) is 41.5 Å². The molecule has 1 amide bonds. The van der Waals surface area contributed by atoms with E-state index in [0.717, 1.165) is 5.56 Å². The van der Waals surface area contributed by atoms with Crippen LogP contribution in [0.3, 0.4) is 0 Å². The molecular weight excluding hydrogens is 167 g/mol. The van der Waals surface area contributed by atoms with Gasteiger partial charge in [0.15, 0.2) is 0 Å². The molecule has 3 nitrogen and oxygen atoms in total. The van der Waals surface area contributed by atoms with E-state index in [2.05, 4.69) is 10.5 Å². The summed E-state index contributed by atoms with van der Waals surface area (Å²) in [5.74, 6) is 0. The number of rotatable bonds is 2. The summed E-state index contributed by atoms with van der Waals surface area (Å²) in [5.41, 5.74) is 3.37. The summed E-state index contributed by atoms with van der Waals surface area (Å²) in [6, 6.07) is 9.61. The minimum Gasteiger partial charge on any atom is -0.298 e. The molecule has 1 aromatic carbocycles. The lowest BCUT2D eigenvalue weighted by Gasteiger charge is -1.92. The Bertz CT molecular complexity index is 284. The van der Waals surface area contributed by atoms with Crippen LogP contribution >= 0.6 is 0 Å². The molecule has 0 spiro atoms. The zero-order valence-corrected chi connectivity index (χ0v) is 8.82. The van der Waals surface area contributed by atoms with Gasteiger partial charge in [-0.05, 0) is 5.56 Å². The van der Waals surface area contributed by atoms with Crippen molar-refractivity contribution >= 4 is 27.3 Å². The normalized spacial score (nSPS) is 10.0. The zero-order chi connectivity index (χ0) is 8.81.